The summed E-state index contributed by atoms with van der Waals surface area (Å²) in [6.07, 6.45) is 0.888. The summed E-state index contributed by atoms with van der Waals surface area (Å²) in [6, 6.07) is 2.81. The Balaban J connectivity index is 2.01. The quantitative estimate of drug-likeness (QED) is 0.911. The van der Waals surface area contributed by atoms with Crippen molar-refractivity contribution in [2.75, 3.05) is 0 Å². The molecule has 5 nitrogen and oxygen atoms in total. The van der Waals surface area contributed by atoms with E-state index in [0.717, 1.165) is 31.9 Å². The molecule has 0 saturated heterocycles. The van der Waals surface area contributed by atoms with Gasteiger partial charge in [0, 0.05) is 12.2 Å². The fourth-order valence-electron chi connectivity index (χ4n) is 2.81. The first kappa shape index (κ1) is 16.8. The smallest absolute Gasteiger partial charge is 0.349 e. The van der Waals surface area contributed by atoms with Gasteiger partial charge < -0.3 is 5.32 Å². The van der Waals surface area contributed by atoms with Gasteiger partial charge in [0.2, 0.25) is 0 Å². The van der Waals surface area contributed by atoms with Crippen LogP contribution in [0.15, 0.2) is 24.5 Å². The van der Waals surface area contributed by atoms with Crippen LogP contribution in [0.25, 0.3) is 5.82 Å². The number of amides is 1. The summed E-state index contributed by atoms with van der Waals surface area (Å²) >= 11 is 5.92. The molecule has 9 heteroatoms. The number of halogens is 4. The molecule has 0 radical (unpaired) electrons. The van der Waals surface area contributed by atoms with Crippen LogP contribution in [-0.4, -0.2) is 26.7 Å². The zero-order valence-electron chi connectivity index (χ0n) is 12.5. The number of nitrogens with one attached hydrogen (secondary N) is 1. The Hall–Kier alpha value is -2.09. The molecule has 2 aromatic rings. The van der Waals surface area contributed by atoms with Crippen molar-refractivity contribution >= 4 is 17.5 Å². The van der Waals surface area contributed by atoms with Crippen molar-refractivity contribution < 1.29 is 18.0 Å². The number of hydrogen-bond donors (Lipinski definition) is 1. The highest BCUT2D eigenvalue weighted by atomic mass is 35.5. The molecular weight excluding hydrogens is 345 g/mol. The maximum absolute atomic E-state index is 13.5. The molecule has 1 aliphatic carbocycles. The number of nitrogens with zero attached hydrogens (tertiary/aromatic N) is 3. The first-order valence-corrected chi connectivity index (χ1v) is 7.82. The van der Waals surface area contributed by atoms with Crippen molar-refractivity contribution in [1.82, 2.24) is 20.1 Å². The molecule has 0 aromatic carbocycles. The second-order valence-electron chi connectivity index (χ2n) is 5.58. The van der Waals surface area contributed by atoms with Crippen molar-refractivity contribution in [3.63, 3.8) is 0 Å². The van der Waals surface area contributed by atoms with Gasteiger partial charge in [0.25, 0.3) is 5.91 Å². The Morgan fingerprint density at radius 2 is 2.04 bits per heavy atom. The van der Waals surface area contributed by atoms with Crippen LogP contribution in [0.2, 0.25) is 5.02 Å². The molecule has 1 fully saturated rings. The van der Waals surface area contributed by atoms with Crippen LogP contribution in [0.1, 0.15) is 41.7 Å². The van der Waals surface area contributed by atoms with Gasteiger partial charge in [0.1, 0.15) is 0 Å². The van der Waals surface area contributed by atoms with Crippen LogP contribution >= 0.6 is 11.6 Å². The van der Waals surface area contributed by atoms with E-state index in [9.17, 15) is 18.0 Å². The number of aromatic nitrogens is 3. The molecule has 1 aliphatic rings. The van der Waals surface area contributed by atoms with Crippen LogP contribution in [0.5, 0.6) is 0 Å². The molecule has 0 aliphatic heterocycles. The van der Waals surface area contributed by atoms with E-state index in [0.29, 0.717) is 4.68 Å². The lowest BCUT2D eigenvalue weighted by molar-refractivity contribution is -0.143. The second kappa shape index (κ2) is 6.43. The molecule has 128 valence electrons. The minimum atomic E-state index is -4.78. The summed E-state index contributed by atoms with van der Waals surface area (Å²) in [4.78, 5) is 16.1. The number of carbonyl (C=O) groups excluding carboxylic acids is 1. The highest BCUT2D eigenvalue weighted by Gasteiger charge is 2.41. The van der Waals surface area contributed by atoms with Gasteiger partial charge in [-0.05, 0) is 25.0 Å². The Kier molecular flexibility index (Phi) is 4.49. The van der Waals surface area contributed by atoms with E-state index >= 15 is 0 Å². The average molecular weight is 359 g/mol. The predicted molar refractivity (Wildman–Crippen MR) is 81.1 cm³/mol. The summed E-state index contributed by atoms with van der Waals surface area (Å²) < 4.78 is 41.1. The highest BCUT2D eigenvalue weighted by Crippen LogP contribution is 2.34. The maximum atomic E-state index is 13.5. The standard InChI is InChI=1S/C15H14ClF3N4O/c16-11-6-3-7-20-13(11)23-12(15(17,18)19)10(8-21-23)14(24)22-9-4-1-2-5-9/h3,6-9H,1-2,4-5H2,(H,22,24). The van der Waals surface area contributed by atoms with Gasteiger partial charge in [-0.3, -0.25) is 4.79 Å². The molecule has 2 aromatic heterocycles. The lowest BCUT2D eigenvalue weighted by Gasteiger charge is -2.15. The van der Waals surface area contributed by atoms with Gasteiger partial charge in [-0.2, -0.15) is 18.3 Å². The number of carbonyl (C=O) groups is 1. The topological polar surface area (TPSA) is 59.8 Å². The summed E-state index contributed by atoms with van der Waals surface area (Å²) in [5.41, 5.74) is -1.71. The Bertz CT molecular complexity index is 753. The van der Waals surface area contributed by atoms with Crippen molar-refractivity contribution in [3.05, 3.63) is 40.8 Å². The third-order valence-electron chi connectivity index (χ3n) is 3.91. The second-order valence-corrected chi connectivity index (χ2v) is 5.99. The first-order valence-electron chi connectivity index (χ1n) is 7.45. The van der Waals surface area contributed by atoms with E-state index in [1.165, 1.54) is 18.3 Å². The number of rotatable bonds is 3. The molecule has 1 saturated carbocycles. The predicted octanol–water partition coefficient (Wildman–Crippen LogP) is 3.61. The van der Waals surface area contributed by atoms with E-state index in [1.807, 2.05) is 0 Å². The van der Waals surface area contributed by atoms with Crippen molar-refractivity contribution in [1.29, 1.82) is 0 Å². The SMILES string of the molecule is O=C(NC1CCCC1)c1cnn(-c2ncccc2Cl)c1C(F)(F)F. The van der Waals surface area contributed by atoms with E-state index in [1.54, 1.807) is 0 Å². The first-order chi connectivity index (χ1) is 11.4. The zero-order valence-corrected chi connectivity index (χ0v) is 13.2. The Morgan fingerprint density at radius 1 is 1.33 bits per heavy atom. The lowest BCUT2D eigenvalue weighted by atomic mass is 10.2. The number of pyridine rings is 1. The van der Waals surface area contributed by atoms with Crippen LogP contribution in [0, 0.1) is 0 Å². The maximum Gasteiger partial charge on any atom is 0.434 e. The van der Waals surface area contributed by atoms with Gasteiger partial charge in [0.05, 0.1) is 16.8 Å². The summed E-state index contributed by atoms with van der Waals surface area (Å²) in [5, 5.41) is 6.35. The fraction of sp³-hybridized carbons (Fsp3) is 0.400. The van der Waals surface area contributed by atoms with Gasteiger partial charge in [-0.15, -0.1) is 0 Å². The highest BCUT2D eigenvalue weighted by molar-refractivity contribution is 6.32. The molecule has 1 N–H and O–H groups in total. The zero-order chi connectivity index (χ0) is 17.3. The van der Waals surface area contributed by atoms with Crippen LogP contribution in [0.3, 0.4) is 0 Å². The van der Waals surface area contributed by atoms with Crippen LogP contribution in [-0.2, 0) is 6.18 Å². The average Bonchev–Trinajstić information content (AvgIpc) is 3.15. The number of alkyl halides is 3. The van der Waals surface area contributed by atoms with Crippen molar-refractivity contribution in [3.8, 4) is 5.82 Å². The molecule has 0 spiro atoms. The van der Waals surface area contributed by atoms with E-state index in [4.69, 9.17) is 11.6 Å². The van der Waals surface area contributed by atoms with Gasteiger partial charge >= 0.3 is 6.18 Å². The molecule has 0 atom stereocenters. The molecule has 1 amide bonds. The third-order valence-corrected chi connectivity index (χ3v) is 4.21. The summed E-state index contributed by atoms with van der Waals surface area (Å²) in [7, 11) is 0. The summed E-state index contributed by atoms with van der Waals surface area (Å²) in [6.45, 7) is 0. The molecule has 3 rings (SSSR count). The lowest BCUT2D eigenvalue weighted by Crippen LogP contribution is -2.34. The molecular formula is C15H14ClF3N4O. The van der Waals surface area contributed by atoms with E-state index < -0.39 is 23.3 Å². The van der Waals surface area contributed by atoms with Crippen molar-refractivity contribution in [2.45, 2.75) is 37.9 Å². The molecule has 24 heavy (non-hydrogen) atoms. The fourth-order valence-corrected chi connectivity index (χ4v) is 3.02. The Labute approximate surface area is 140 Å². The molecule has 0 bridgehead atoms. The molecule has 2 heterocycles. The van der Waals surface area contributed by atoms with E-state index in [2.05, 4.69) is 15.4 Å². The minimum absolute atomic E-state index is 0.00820. The van der Waals surface area contributed by atoms with Gasteiger partial charge in [-0.25, -0.2) is 9.67 Å². The van der Waals surface area contributed by atoms with E-state index in [-0.39, 0.29) is 16.9 Å². The molecule has 0 unspecified atom stereocenters. The largest absolute Gasteiger partial charge is 0.434 e. The van der Waals surface area contributed by atoms with Gasteiger partial charge in [-0.1, -0.05) is 24.4 Å². The minimum Gasteiger partial charge on any atom is -0.349 e. The number of hydrogen-bond acceptors (Lipinski definition) is 3. The Morgan fingerprint density at radius 3 is 2.67 bits per heavy atom. The summed E-state index contributed by atoms with van der Waals surface area (Å²) in [5.74, 6) is -0.959. The monoisotopic (exact) mass is 358 g/mol. The van der Waals surface area contributed by atoms with Crippen molar-refractivity contribution in [2.24, 2.45) is 0 Å². The third kappa shape index (κ3) is 3.24. The normalized spacial score (nSPS) is 15.7. The van der Waals surface area contributed by atoms with Crippen LogP contribution in [0.4, 0.5) is 13.2 Å². The van der Waals surface area contributed by atoms with Gasteiger partial charge in [0.15, 0.2) is 11.5 Å². The van der Waals surface area contributed by atoms with Crippen LogP contribution < -0.4 is 5.32 Å².